The Labute approximate surface area is 225 Å². The maximum Gasteiger partial charge on any atom is 0.306 e. The van der Waals surface area contributed by atoms with Crippen molar-refractivity contribution in [3.05, 3.63) is 11.6 Å². The number of ketones is 1. The minimum atomic E-state index is -4.70. The second-order valence-electron chi connectivity index (χ2n) is 9.44. The van der Waals surface area contributed by atoms with Crippen LogP contribution in [0.25, 0.3) is 0 Å². The number of allylic oxidation sites excluding steroid dienone is 1. The zero-order valence-corrected chi connectivity index (χ0v) is 18.3. The molecule has 3 heteroatoms. The minimum absolute atomic E-state index is 0.0311. The van der Waals surface area contributed by atoms with Crippen molar-refractivity contribution in [2.24, 2.45) is 29.1 Å². The van der Waals surface area contributed by atoms with E-state index in [1.165, 1.54) is 0 Å². The normalized spacial score (nSPS) is 50.3. The molecule has 0 aromatic heterocycles. The van der Waals surface area contributed by atoms with E-state index in [9.17, 15) is 9.59 Å². The molecule has 3 nitrogen and oxygen atoms in total. The number of carbonyl (C=O) groups is 2. The number of hydrogen-bond acceptors (Lipinski definition) is 3. The lowest BCUT2D eigenvalue weighted by Crippen LogP contribution is -2.48. The fraction of sp³-hybridized carbons (Fsp3) is 0.862. The molecule has 0 aromatic rings. The van der Waals surface area contributed by atoms with Crippen LogP contribution in [-0.2, 0) is 14.3 Å². The van der Waals surface area contributed by atoms with E-state index in [0.717, 1.165) is 31.3 Å². The Morgan fingerprint density at radius 1 is 1.03 bits per heavy atom. The summed E-state index contributed by atoms with van der Waals surface area (Å²) in [5, 5.41) is 0. The third kappa shape index (κ3) is 5.17. The maximum absolute atomic E-state index is 13.6. The number of hydrogen-bond donors (Lipinski definition) is 0. The Hall–Kier alpha value is -1.12. The molecule has 0 radical (unpaired) electrons. The third-order valence-electron chi connectivity index (χ3n) is 8.06. The van der Waals surface area contributed by atoms with Crippen molar-refractivity contribution in [2.75, 3.05) is 0 Å². The second kappa shape index (κ2) is 10.9. The molecule has 3 saturated carbocycles. The molecule has 0 aromatic carbocycles. The molecule has 3 fully saturated rings. The van der Waals surface area contributed by atoms with Gasteiger partial charge in [0.25, 0.3) is 0 Å². The van der Waals surface area contributed by atoms with Crippen LogP contribution >= 0.6 is 0 Å². The van der Waals surface area contributed by atoms with Crippen molar-refractivity contribution in [3.63, 3.8) is 0 Å². The van der Waals surface area contributed by atoms with Gasteiger partial charge >= 0.3 is 5.97 Å². The van der Waals surface area contributed by atoms with Crippen LogP contribution in [0.2, 0.25) is 0 Å². The highest BCUT2D eigenvalue weighted by Crippen LogP contribution is 2.62. The van der Waals surface area contributed by atoms with E-state index in [0.29, 0.717) is 25.2 Å². The molecule has 0 amide bonds. The SMILES string of the molecule is [2H]C([2H])([2H])C([2H])([2H])C([2H])([2H])C([2H])([2H])C([2H])([2H])C([2H])([2H])C([2H])([2H])C([2H])([2H])C([2H])([2H])C([2H])([2H])C(=O)O[C@@H]1CC[C@@H]2[C@H]3CCC4=CC(=O)CC[C@H]4[C@@H]3CC[C@]21C. The highest BCUT2D eigenvalue weighted by atomic mass is 16.5. The Kier molecular flexibility index (Phi) is 3.11. The first-order valence-electron chi connectivity index (χ1n) is 21.9. The van der Waals surface area contributed by atoms with Crippen LogP contribution in [0.1, 0.15) is 151 Å². The summed E-state index contributed by atoms with van der Waals surface area (Å²) in [5.74, 6) is -1.00. The Bertz CT molecular complexity index is 1500. The monoisotopic (exact) mass is 463 g/mol. The summed E-state index contributed by atoms with van der Waals surface area (Å²) in [7, 11) is 0. The molecule has 0 heterocycles. The smallest absolute Gasteiger partial charge is 0.306 e. The summed E-state index contributed by atoms with van der Waals surface area (Å²) in [6.07, 6.45) is -34.7. The van der Waals surface area contributed by atoms with Crippen molar-refractivity contribution >= 4 is 11.8 Å². The summed E-state index contributed by atoms with van der Waals surface area (Å²) in [5.41, 5.74) is 0.469. The van der Waals surface area contributed by atoms with Crippen molar-refractivity contribution in [3.8, 4) is 0 Å². The van der Waals surface area contributed by atoms with E-state index in [1.807, 2.05) is 6.92 Å². The molecule has 0 N–H and O–H groups in total. The van der Waals surface area contributed by atoms with Gasteiger partial charge < -0.3 is 4.74 Å². The van der Waals surface area contributed by atoms with Crippen molar-refractivity contribution in [1.82, 2.24) is 0 Å². The number of esters is 1. The van der Waals surface area contributed by atoms with Gasteiger partial charge in [0.2, 0.25) is 0 Å². The molecular formula is C29H46O3. The van der Waals surface area contributed by atoms with Gasteiger partial charge in [-0.3, -0.25) is 9.59 Å². The summed E-state index contributed by atoms with van der Waals surface area (Å²) in [4.78, 5) is 25.6. The van der Waals surface area contributed by atoms with Crippen LogP contribution < -0.4 is 0 Å². The van der Waals surface area contributed by atoms with Gasteiger partial charge in [-0.25, -0.2) is 0 Å². The third-order valence-corrected chi connectivity index (χ3v) is 8.06. The van der Waals surface area contributed by atoms with Gasteiger partial charge in [-0.1, -0.05) is 64.0 Å². The van der Waals surface area contributed by atoms with Crippen LogP contribution in [0, 0.1) is 29.1 Å². The summed E-state index contributed by atoms with van der Waals surface area (Å²) in [6.45, 7) is -2.08. The number of rotatable bonds is 10. The lowest BCUT2D eigenvalue weighted by molar-refractivity contribution is -0.159. The number of carbonyl (C=O) groups excluding carboxylic acids is 2. The molecule has 4 rings (SSSR count). The zero-order valence-electron chi connectivity index (χ0n) is 39.3. The number of ether oxygens (including phenoxy) is 1. The van der Waals surface area contributed by atoms with Crippen LogP contribution in [0.3, 0.4) is 0 Å². The molecule has 4 aliphatic carbocycles. The Morgan fingerprint density at radius 3 is 2.62 bits per heavy atom. The van der Waals surface area contributed by atoms with Crippen LogP contribution in [0.5, 0.6) is 0 Å². The first kappa shape index (κ1) is 9.15. The molecule has 0 spiro atoms. The highest BCUT2D eigenvalue weighted by Gasteiger charge is 2.57. The van der Waals surface area contributed by atoms with Gasteiger partial charge in [0.05, 0.1) is 0 Å². The Morgan fingerprint density at radius 2 is 1.81 bits per heavy atom. The standard InChI is InChI=1S/C29H46O3/c1-3-4-5-6-7-8-9-10-11-28(31)32-27-17-16-26-25-14-12-21-20-22(30)13-15-23(21)24(25)18-19-29(26,27)2/h20,23-27H,3-19H2,1-2H3/t23-,24+,25+,26-,27-,29-/m1/s1/i1D3,3D2,4D2,5D2,6D2,7D2,8D2,9D2,10D2,11D2. The van der Waals surface area contributed by atoms with Crippen molar-refractivity contribution in [1.29, 1.82) is 0 Å². The van der Waals surface area contributed by atoms with E-state index in [-0.39, 0.29) is 30.0 Å². The lowest BCUT2D eigenvalue weighted by atomic mass is 9.52. The van der Waals surface area contributed by atoms with Crippen LogP contribution in [0.15, 0.2) is 11.6 Å². The van der Waals surface area contributed by atoms with E-state index in [2.05, 4.69) is 0 Å². The highest BCUT2D eigenvalue weighted by molar-refractivity contribution is 5.91. The predicted molar refractivity (Wildman–Crippen MR) is 129 cm³/mol. The number of fused-ring (bicyclic) bond motifs is 5. The van der Waals surface area contributed by atoms with E-state index < -0.39 is 81.7 Å². The van der Waals surface area contributed by atoms with Gasteiger partial charge in [-0.15, -0.1) is 0 Å². The van der Waals surface area contributed by atoms with Crippen molar-refractivity contribution < 1.29 is 43.1 Å². The first-order valence-corrected chi connectivity index (χ1v) is 11.4. The largest absolute Gasteiger partial charge is 0.462 e. The van der Waals surface area contributed by atoms with E-state index >= 15 is 0 Å². The molecular weight excluding hydrogens is 396 g/mol. The molecule has 6 atom stereocenters. The quantitative estimate of drug-likeness (QED) is 0.314. The molecule has 0 aliphatic heterocycles. The van der Waals surface area contributed by atoms with Gasteiger partial charge in [-0.05, 0) is 81.1 Å². The average molecular weight is 464 g/mol. The van der Waals surface area contributed by atoms with Gasteiger partial charge in [-0.2, -0.15) is 0 Å². The average Bonchev–Trinajstić information content (AvgIpc) is 3.34. The van der Waals surface area contributed by atoms with E-state index in [4.69, 9.17) is 33.5 Å². The molecule has 4 aliphatic rings. The molecule has 180 valence electrons. The fourth-order valence-electron chi connectivity index (χ4n) is 6.75. The maximum atomic E-state index is 13.6. The fourth-order valence-corrected chi connectivity index (χ4v) is 6.75. The van der Waals surface area contributed by atoms with Gasteiger partial charge in [0.15, 0.2) is 5.78 Å². The van der Waals surface area contributed by atoms with Gasteiger partial charge in [0, 0.05) is 47.0 Å². The first-order chi connectivity index (χ1) is 23.4. The second-order valence-corrected chi connectivity index (χ2v) is 9.44. The zero-order chi connectivity index (χ0) is 41.2. The molecule has 32 heavy (non-hydrogen) atoms. The molecule has 0 saturated heterocycles. The summed E-state index contributed by atoms with van der Waals surface area (Å²) in [6, 6.07) is 0. The van der Waals surface area contributed by atoms with Crippen LogP contribution in [0.4, 0.5) is 0 Å². The summed E-state index contributed by atoms with van der Waals surface area (Å²) < 4.78 is 176. The summed E-state index contributed by atoms with van der Waals surface area (Å²) >= 11 is 0. The Balaban J connectivity index is 1.61. The molecule has 0 bridgehead atoms. The van der Waals surface area contributed by atoms with Crippen LogP contribution in [-0.4, -0.2) is 17.9 Å². The van der Waals surface area contributed by atoms with E-state index in [1.54, 1.807) is 6.08 Å². The predicted octanol–water partition coefficient (Wildman–Crippen LogP) is 7.57. The van der Waals surface area contributed by atoms with Crippen molar-refractivity contribution in [2.45, 2.75) is 129 Å². The topological polar surface area (TPSA) is 43.4 Å². The lowest BCUT2D eigenvalue weighted by Gasteiger charge is -2.53. The molecule has 0 unspecified atom stereocenters. The minimum Gasteiger partial charge on any atom is -0.462 e. The van der Waals surface area contributed by atoms with Gasteiger partial charge in [0.1, 0.15) is 6.10 Å².